The first-order chi connectivity index (χ1) is 14.9. The number of halogens is 1. The van der Waals surface area contributed by atoms with Crippen molar-refractivity contribution in [1.29, 1.82) is 0 Å². The SMILES string of the molecule is CCOC(=O)C1CCCN(C(=O)CN(C)C(=O)COc2ccc3ccccc3c2Br)C1. The highest BCUT2D eigenvalue weighted by molar-refractivity contribution is 9.10. The normalized spacial score (nSPS) is 16.1. The highest BCUT2D eigenvalue weighted by Gasteiger charge is 2.30. The molecule has 1 aliphatic heterocycles. The van der Waals surface area contributed by atoms with Gasteiger partial charge in [0.2, 0.25) is 5.91 Å². The molecule has 3 rings (SSSR count). The van der Waals surface area contributed by atoms with Crippen molar-refractivity contribution in [3.05, 3.63) is 40.9 Å². The smallest absolute Gasteiger partial charge is 0.310 e. The van der Waals surface area contributed by atoms with E-state index >= 15 is 0 Å². The molecule has 1 aliphatic rings. The maximum Gasteiger partial charge on any atom is 0.310 e. The Hall–Kier alpha value is -2.61. The van der Waals surface area contributed by atoms with Crippen LogP contribution in [0.2, 0.25) is 0 Å². The number of hydrogen-bond donors (Lipinski definition) is 0. The fraction of sp³-hybridized carbons (Fsp3) is 0.435. The standard InChI is InChI=1S/C23H27BrN2O5/c1-3-30-23(29)17-8-6-12-26(13-17)20(27)14-25(2)21(28)15-31-19-11-10-16-7-4-5-9-18(16)22(19)24/h4-5,7,9-11,17H,3,6,8,12-15H2,1-2H3. The van der Waals surface area contributed by atoms with Crippen LogP contribution in [0.3, 0.4) is 0 Å². The fourth-order valence-electron chi connectivity index (χ4n) is 3.62. The minimum absolute atomic E-state index is 0.0589. The van der Waals surface area contributed by atoms with Gasteiger partial charge in [0, 0.05) is 20.1 Å². The molecule has 1 unspecified atom stereocenters. The second-order valence-electron chi connectivity index (χ2n) is 7.57. The molecule has 0 aliphatic carbocycles. The lowest BCUT2D eigenvalue weighted by Gasteiger charge is -2.32. The summed E-state index contributed by atoms with van der Waals surface area (Å²) in [5, 5.41) is 2.07. The van der Waals surface area contributed by atoms with Gasteiger partial charge in [0.25, 0.3) is 5.91 Å². The third kappa shape index (κ3) is 5.76. The van der Waals surface area contributed by atoms with Crippen LogP contribution in [-0.2, 0) is 19.1 Å². The number of hydrogen-bond acceptors (Lipinski definition) is 5. The number of carbonyl (C=O) groups is 3. The summed E-state index contributed by atoms with van der Waals surface area (Å²) >= 11 is 3.54. The summed E-state index contributed by atoms with van der Waals surface area (Å²) < 4.78 is 11.6. The van der Waals surface area contributed by atoms with Gasteiger partial charge in [-0.25, -0.2) is 0 Å². The van der Waals surface area contributed by atoms with Gasteiger partial charge < -0.3 is 19.3 Å². The summed E-state index contributed by atoms with van der Waals surface area (Å²) in [6.07, 6.45) is 1.46. The molecule has 0 spiro atoms. The first-order valence-corrected chi connectivity index (χ1v) is 11.2. The minimum Gasteiger partial charge on any atom is -0.483 e. The summed E-state index contributed by atoms with van der Waals surface area (Å²) in [5.74, 6) is -0.477. The van der Waals surface area contributed by atoms with Crippen molar-refractivity contribution < 1.29 is 23.9 Å². The Kier molecular flexibility index (Phi) is 7.90. The molecule has 166 valence electrons. The molecule has 1 heterocycles. The van der Waals surface area contributed by atoms with E-state index in [1.54, 1.807) is 18.9 Å². The largest absolute Gasteiger partial charge is 0.483 e. The number of benzene rings is 2. The van der Waals surface area contributed by atoms with Crippen molar-refractivity contribution >= 4 is 44.5 Å². The van der Waals surface area contributed by atoms with Crippen LogP contribution in [0.15, 0.2) is 40.9 Å². The van der Waals surface area contributed by atoms with E-state index in [0.29, 0.717) is 31.9 Å². The Balaban J connectivity index is 1.53. The van der Waals surface area contributed by atoms with E-state index in [9.17, 15) is 14.4 Å². The van der Waals surface area contributed by atoms with Gasteiger partial charge in [-0.1, -0.05) is 30.3 Å². The molecule has 1 saturated heterocycles. The van der Waals surface area contributed by atoms with Crippen LogP contribution in [0.4, 0.5) is 0 Å². The van der Waals surface area contributed by atoms with Crippen LogP contribution in [0.25, 0.3) is 10.8 Å². The summed E-state index contributed by atoms with van der Waals surface area (Å²) in [7, 11) is 1.58. The van der Waals surface area contributed by atoms with Crippen LogP contribution in [-0.4, -0.2) is 67.5 Å². The van der Waals surface area contributed by atoms with E-state index in [0.717, 1.165) is 21.7 Å². The van der Waals surface area contributed by atoms with Crippen molar-refractivity contribution in [2.75, 3.05) is 39.9 Å². The molecule has 8 heteroatoms. The van der Waals surface area contributed by atoms with Gasteiger partial charge in [-0.15, -0.1) is 0 Å². The van der Waals surface area contributed by atoms with E-state index in [1.165, 1.54) is 4.90 Å². The molecule has 7 nitrogen and oxygen atoms in total. The van der Waals surface area contributed by atoms with E-state index in [2.05, 4.69) is 15.9 Å². The molecule has 1 fully saturated rings. The number of esters is 1. The number of ether oxygens (including phenoxy) is 2. The molecule has 2 aromatic rings. The van der Waals surface area contributed by atoms with Crippen LogP contribution < -0.4 is 4.74 Å². The Morgan fingerprint density at radius 1 is 1.19 bits per heavy atom. The third-order valence-electron chi connectivity index (χ3n) is 5.37. The van der Waals surface area contributed by atoms with Gasteiger partial charge >= 0.3 is 5.97 Å². The number of rotatable bonds is 7. The van der Waals surface area contributed by atoms with Crippen LogP contribution >= 0.6 is 15.9 Å². The molecule has 0 radical (unpaired) electrons. The molecule has 2 aromatic carbocycles. The Bertz CT molecular complexity index is 964. The van der Waals surface area contributed by atoms with Crippen molar-refractivity contribution in [2.24, 2.45) is 5.92 Å². The number of amides is 2. The summed E-state index contributed by atoms with van der Waals surface area (Å²) in [6.45, 7) is 2.77. The zero-order valence-corrected chi connectivity index (χ0v) is 19.4. The molecule has 31 heavy (non-hydrogen) atoms. The lowest BCUT2D eigenvalue weighted by molar-refractivity contribution is -0.152. The van der Waals surface area contributed by atoms with Gasteiger partial charge in [0.1, 0.15) is 5.75 Å². The zero-order chi connectivity index (χ0) is 22.4. The van der Waals surface area contributed by atoms with Crippen LogP contribution in [0.5, 0.6) is 5.75 Å². The van der Waals surface area contributed by atoms with Crippen LogP contribution in [0.1, 0.15) is 19.8 Å². The molecule has 0 N–H and O–H groups in total. The lowest BCUT2D eigenvalue weighted by Crippen LogP contribution is -2.47. The zero-order valence-electron chi connectivity index (χ0n) is 17.8. The second kappa shape index (κ2) is 10.6. The molecule has 2 amide bonds. The number of likely N-dealkylation sites (tertiary alicyclic amines) is 1. The summed E-state index contributed by atoms with van der Waals surface area (Å²) in [4.78, 5) is 40.1. The van der Waals surface area contributed by atoms with Crippen molar-refractivity contribution in [3.63, 3.8) is 0 Å². The highest BCUT2D eigenvalue weighted by Crippen LogP contribution is 2.33. The third-order valence-corrected chi connectivity index (χ3v) is 6.19. The first-order valence-electron chi connectivity index (χ1n) is 10.4. The average Bonchev–Trinajstić information content (AvgIpc) is 2.78. The highest BCUT2D eigenvalue weighted by atomic mass is 79.9. The maximum absolute atomic E-state index is 12.6. The Labute approximate surface area is 190 Å². The van der Waals surface area contributed by atoms with Gasteiger partial charge in [-0.3, -0.25) is 14.4 Å². The maximum atomic E-state index is 12.6. The predicted molar refractivity (Wildman–Crippen MR) is 121 cm³/mol. The fourth-order valence-corrected chi connectivity index (χ4v) is 4.23. The van der Waals surface area contributed by atoms with Gasteiger partial charge in [0.15, 0.2) is 6.61 Å². The monoisotopic (exact) mass is 490 g/mol. The number of nitrogens with zero attached hydrogens (tertiary/aromatic N) is 2. The molecular weight excluding hydrogens is 464 g/mol. The van der Waals surface area contributed by atoms with Crippen molar-refractivity contribution in [2.45, 2.75) is 19.8 Å². The quantitative estimate of drug-likeness (QED) is 0.556. The topological polar surface area (TPSA) is 76.2 Å². The van der Waals surface area contributed by atoms with Gasteiger partial charge in [-0.05, 0) is 52.5 Å². The van der Waals surface area contributed by atoms with Crippen molar-refractivity contribution in [3.8, 4) is 5.75 Å². The van der Waals surface area contributed by atoms with E-state index < -0.39 is 0 Å². The number of fused-ring (bicyclic) bond motifs is 1. The van der Waals surface area contributed by atoms with Crippen LogP contribution in [0, 0.1) is 5.92 Å². The summed E-state index contributed by atoms with van der Waals surface area (Å²) in [6, 6.07) is 11.6. The van der Waals surface area contributed by atoms with E-state index in [4.69, 9.17) is 9.47 Å². The predicted octanol–water partition coefficient (Wildman–Crippen LogP) is 3.24. The molecule has 0 bridgehead atoms. The molecule has 1 atom stereocenters. The Morgan fingerprint density at radius 2 is 1.97 bits per heavy atom. The number of carbonyl (C=O) groups excluding carboxylic acids is 3. The minimum atomic E-state index is -0.299. The second-order valence-corrected chi connectivity index (χ2v) is 8.36. The number of piperidine rings is 1. The first kappa shape index (κ1) is 23.1. The molecule has 0 saturated carbocycles. The van der Waals surface area contributed by atoms with E-state index in [-0.39, 0.29) is 36.9 Å². The average molecular weight is 491 g/mol. The number of likely N-dealkylation sites (N-methyl/N-ethyl adjacent to an activating group) is 1. The van der Waals surface area contributed by atoms with Gasteiger partial charge in [0.05, 0.1) is 23.5 Å². The molecule has 0 aromatic heterocycles. The van der Waals surface area contributed by atoms with Crippen molar-refractivity contribution in [1.82, 2.24) is 9.80 Å². The van der Waals surface area contributed by atoms with E-state index in [1.807, 2.05) is 36.4 Å². The summed E-state index contributed by atoms with van der Waals surface area (Å²) in [5.41, 5.74) is 0. The van der Waals surface area contributed by atoms with Gasteiger partial charge in [-0.2, -0.15) is 0 Å². The molecular formula is C23H27BrN2O5. The Morgan fingerprint density at radius 3 is 2.74 bits per heavy atom. The lowest BCUT2D eigenvalue weighted by atomic mass is 9.98.